The smallest absolute Gasteiger partial charge is 0.0303 e. The molecule has 23 heavy (non-hydrogen) atoms. The lowest BCUT2D eigenvalue weighted by atomic mass is 9.64. The SMILES string of the molecule is C=C(C)CCCCCCCCCCCCC(C)(C)C(C)(C)CC. The molecule has 0 unspecified atom stereocenters. The van der Waals surface area contributed by atoms with Crippen molar-refractivity contribution < 1.29 is 0 Å². The van der Waals surface area contributed by atoms with Crippen molar-refractivity contribution in [2.45, 2.75) is 125 Å². The average Bonchev–Trinajstić information content (AvgIpc) is 2.47. The van der Waals surface area contributed by atoms with Crippen LogP contribution in [-0.4, -0.2) is 0 Å². The van der Waals surface area contributed by atoms with Gasteiger partial charge in [-0.15, -0.1) is 6.58 Å². The third-order valence-corrected chi connectivity index (χ3v) is 6.37. The van der Waals surface area contributed by atoms with Gasteiger partial charge in [0.2, 0.25) is 0 Å². The van der Waals surface area contributed by atoms with Gasteiger partial charge in [0.15, 0.2) is 0 Å². The van der Waals surface area contributed by atoms with E-state index in [4.69, 9.17) is 0 Å². The Kier molecular flexibility index (Phi) is 12.0. The van der Waals surface area contributed by atoms with E-state index in [-0.39, 0.29) is 0 Å². The molecule has 0 aliphatic carbocycles. The summed E-state index contributed by atoms with van der Waals surface area (Å²) < 4.78 is 0. The Morgan fingerprint density at radius 3 is 1.43 bits per heavy atom. The van der Waals surface area contributed by atoms with Crippen LogP contribution in [0.3, 0.4) is 0 Å². The van der Waals surface area contributed by atoms with Crippen molar-refractivity contribution >= 4 is 0 Å². The second kappa shape index (κ2) is 12.2. The second-order valence-corrected chi connectivity index (χ2v) is 9.11. The number of rotatable bonds is 15. The maximum Gasteiger partial charge on any atom is -0.0303 e. The Balaban J connectivity index is 3.42. The van der Waals surface area contributed by atoms with Crippen LogP contribution in [0.1, 0.15) is 125 Å². The molecule has 0 aromatic carbocycles. The fourth-order valence-electron chi connectivity index (χ4n) is 3.22. The summed E-state index contributed by atoms with van der Waals surface area (Å²) in [7, 11) is 0. The van der Waals surface area contributed by atoms with Gasteiger partial charge in [0, 0.05) is 0 Å². The zero-order chi connectivity index (χ0) is 17.8. The van der Waals surface area contributed by atoms with Crippen LogP contribution in [0.15, 0.2) is 12.2 Å². The summed E-state index contributed by atoms with van der Waals surface area (Å²) in [5.41, 5.74) is 2.29. The highest BCUT2D eigenvalue weighted by molar-refractivity contribution is 4.87. The van der Waals surface area contributed by atoms with Gasteiger partial charge in [-0.25, -0.2) is 0 Å². The molecule has 0 saturated heterocycles. The molecule has 0 N–H and O–H groups in total. The van der Waals surface area contributed by atoms with Gasteiger partial charge in [-0.3, -0.25) is 0 Å². The largest absolute Gasteiger partial charge is 0.100 e. The Bertz CT molecular complexity index is 295. The Morgan fingerprint density at radius 1 is 0.652 bits per heavy atom. The van der Waals surface area contributed by atoms with E-state index in [1.807, 2.05) is 0 Å². The molecule has 0 rings (SSSR count). The van der Waals surface area contributed by atoms with E-state index in [2.05, 4.69) is 48.1 Å². The molecule has 0 atom stereocenters. The van der Waals surface area contributed by atoms with Crippen LogP contribution in [0.25, 0.3) is 0 Å². The molecule has 0 aliphatic heterocycles. The van der Waals surface area contributed by atoms with E-state index in [1.165, 1.54) is 89.0 Å². The lowest BCUT2D eigenvalue weighted by Crippen LogP contribution is -2.31. The predicted octanol–water partition coefficient (Wildman–Crippen LogP) is 8.71. The molecule has 0 aromatic rings. The molecule has 0 bridgehead atoms. The van der Waals surface area contributed by atoms with Crippen molar-refractivity contribution in [3.63, 3.8) is 0 Å². The van der Waals surface area contributed by atoms with Crippen molar-refractivity contribution in [1.82, 2.24) is 0 Å². The first-order valence-corrected chi connectivity index (χ1v) is 10.4. The van der Waals surface area contributed by atoms with Crippen molar-refractivity contribution in [3.8, 4) is 0 Å². The third kappa shape index (κ3) is 11.0. The van der Waals surface area contributed by atoms with E-state index in [0.717, 1.165) is 0 Å². The lowest BCUT2D eigenvalue weighted by molar-refractivity contribution is 0.0903. The number of hydrogen-bond acceptors (Lipinski definition) is 0. The molecule has 0 aromatic heterocycles. The molecule has 0 heterocycles. The summed E-state index contributed by atoms with van der Waals surface area (Å²) >= 11 is 0. The fourth-order valence-corrected chi connectivity index (χ4v) is 3.22. The first kappa shape index (κ1) is 22.7. The summed E-state index contributed by atoms with van der Waals surface area (Å²) in [4.78, 5) is 0. The summed E-state index contributed by atoms with van der Waals surface area (Å²) in [5, 5.41) is 0. The predicted molar refractivity (Wildman–Crippen MR) is 108 cm³/mol. The highest BCUT2D eigenvalue weighted by Crippen LogP contribution is 2.44. The molecule has 0 nitrogen and oxygen atoms in total. The van der Waals surface area contributed by atoms with Crippen molar-refractivity contribution in [1.29, 1.82) is 0 Å². The van der Waals surface area contributed by atoms with E-state index in [9.17, 15) is 0 Å². The molecule has 0 spiro atoms. The highest BCUT2D eigenvalue weighted by Gasteiger charge is 2.34. The van der Waals surface area contributed by atoms with E-state index >= 15 is 0 Å². The maximum atomic E-state index is 3.97. The van der Waals surface area contributed by atoms with Crippen LogP contribution < -0.4 is 0 Å². The van der Waals surface area contributed by atoms with Gasteiger partial charge in [0.05, 0.1) is 0 Å². The minimum atomic E-state index is 0.469. The van der Waals surface area contributed by atoms with Crippen LogP contribution >= 0.6 is 0 Å². The number of hydrogen-bond donors (Lipinski definition) is 0. The Labute approximate surface area is 148 Å². The molecule has 138 valence electrons. The monoisotopic (exact) mass is 322 g/mol. The van der Waals surface area contributed by atoms with E-state index in [0.29, 0.717) is 10.8 Å². The summed E-state index contributed by atoms with van der Waals surface area (Å²) in [5.74, 6) is 0. The summed E-state index contributed by atoms with van der Waals surface area (Å²) in [6.45, 7) is 18.2. The fraction of sp³-hybridized carbons (Fsp3) is 0.913. The lowest BCUT2D eigenvalue weighted by Gasteiger charge is -2.41. The highest BCUT2D eigenvalue weighted by atomic mass is 14.4. The van der Waals surface area contributed by atoms with Crippen LogP contribution in [0, 0.1) is 10.8 Å². The molecule has 0 amide bonds. The van der Waals surface area contributed by atoms with Crippen LogP contribution in [0.2, 0.25) is 0 Å². The summed E-state index contributed by atoms with van der Waals surface area (Å²) in [6.07, 6.45) is 18.1. The topological polar surface area (TPSA) is 0 Å². The molecule has 0 saturated carbocycles. The standard InChI is InChI=1S/C23H46/c1-8-22(4,5)23(6,7)20-18-16-14-12-10-9-11-13-15-17-19-21(2)3/h2,8-20H2,1,3-7H3. The van der Waals surface area contributed by atoms with Crippen LogP contribution in [-0.2, 0) is 0 Å². The molecular formula is C23H46. The minimum absolute atomic E-state index is 0.469. The maximum absolute atomic E-state index is 3.97. The molecule has 0 radical (unpaired) electrons. The van der Waals surface area contributed by atoms with Crippen molar-refractivity contribution in [2.24, 2.45) is 10.8 Å². The van der Waals surface area contributed by atoms with Crippen LogP contribution in [0.5, 0.6) is 0 Å². The molecule has 0 aliphatic rings. The second-order valence-electron chi connectivity index (χ2n) is 9.11. The van der Waals surface area contributed by atoms with Gasteiger partial charge in [-0.05, 0) is 37.0 Å². The summed E-state index contributed by atoms with van der Waals surface area (Å²) in [6, 6.07) is 0. The van der Waals surface area contributed by atoms with E-state index in [1.54, 1.807) is 0 Å². The molecular weight excluding hydrogens is 276 g/mol. The third-order valence-electron chi connectivity index (χ3n) is 6.37. The normalized spacial score (nSPS) is 12.6. The van der Waals surface area contributed by atoms with Crippen molar-refractivity contribution in [2.75, 3.05) is 0 Å². The number of unbranched alkanes of at least 4 members (excludes halogenated alkanes) is 9. The van der Waals surface area contributed by atoms with Crippen LogP contribution in [0.4, 0.5) is 0 Å². The van der Waals surface area contributed by atoms with Gasteiger partial charge in [0.1, 0.15) is 0 Å². The van der Waals surface area contributed by atoms with Gasteiger partial charge in [-0.2, -0.15) is 0 Å². The van der Waals surface area contributed by atoms with Gasteiger partial charge in [-0.1, -0.05) is 104 Å². The van der Waals surface area contributed by atoms with Crippen molar-refractivity contribution in [3.05, 3.63) is 12.2 Å². The van der Waals surface area contributed by atoms with Gasteiger partial charge >= 0.3 is 0 Å². The quantitative estimate of drug-likeness (QED) is 0.209. The minimum Gasteiger partial charge on any atom is -0.100 e. The Morgan fingerprint density at radius 2 is 1.04 bits per heavy atom. The zero-order valence-corrected chi connectivity index (χ0v) is 17.4. The number of allylic oxidation sites excluding steroid dienone is 1. The average molecular weight is 323 g/mol. The first-order chi connectivity index (χ1) is 10.7. The Hall–Kier alpha value is -0.260. The molecule has 0 fully saturated rings. The molecule has 0 heteroatoms. The first-order valence-electron chi connectivity index (χ1n) is 10.4. The van der Waals surface area contributed by atoms with Gasteiger partial charge in [0.25, 0.3) is 0 Å². The zero-order valence-electron chi connectivity index (χ0n) is 17.4. The van der Waals surface area contributed by atoms with Gasteiger partial charge < -0.3 is 0 Å². The van der Waals surface area contributed by atoms with E-state index < -0.39 is 0 Å².